The van der Waals surface area contributed by atoms with Gasteiger partial charge in [0.1, 0.15) is 5.75 Å². The number of carbonyl (C=O) groups excluding carboxylic acids is 1. The van der Waals surface area contributed by atoms with Gasteiger partial charge < -0.3 is 15.2 Å². The average molecular weight is 326 g/mol. The van der Waals surface area contributed by atoms with Gasteiger partial charge in [0, 0.05) is 30.8 Å². The molecule has 0 aliphatic carbocycles. The van der Waals surface area contributed by atoms with E-state index in [0.717, 1.165) is 13.0 Å². The zero-order chi connectivity index (χ0) is 16.9. The van der Waals surface area contributed by atoms with Crippen LogP contribution in [0.2, 0.25) is 0 Å². The minimum absolute atomic E-state index is 0.0175. The summed E-state index contributed by atoms with van der Waals surface area (Å²) in [6.45, 7) is 0.756. The van der Waals surface area contributed by atoms with Crippen molar-refractivity contribution in [2.24, 2.45) is 0 Å². The Morgan fingerprint density at radius 3 is 2.96 bits per heavy atom. The van der Waals surface area contributed by atoms with Crippen LogP contribution in [0.25, 0.3) is 0 Å². The lowest BCUT2D eigenvalue weighted by Crippen LogP contribution is -2.44. The molecule has 126 valence electrons. The number of aliphatic hydroxyl groups excluding tert-OH is 1. The minimum Gasteiger partial charge on any atom is -0.495 e. The number of hydrogen-bond donors (Lipinski definition) is 2. The van der Waals surface area contributed by atoms with Gasteiger partial charge in [-0.1, -0.05) is 24.3 Å². The second-order valence-corrected chi connectivity index (χ2v) is 6.10. The quantitative estimate of drug-likeness (QED) is 0.796. The number of ketones is 1. The molecule has 2 N–H and O–H groups in total. The van der Waals surface area contributed by atoms with Crippen molar-refractivity contribution in [2.45, 2.75) is 38.0 Å². The first kappa shape index (κ1) is 16.6. The van der Waals surface area contributed by atoms with Crippen molar-refractivity contribution in [1.82, 2.24) is 10.3 Å². The molecular formula is C19H22N2O3. The molecular weight excluding hydrogens is 304 g/mol. The van der Waals surface area contributed by atoms with E-state index in [9.17, 15) is 9.90 Å². The molecule has 0 amide bonds. The van der Waals surface area contributed by atoms with Crippen LogP contribution in [0.5, 0.6) is 5.75 Å². The predicted octanol–water partition coefficient (Wildman–Crippen LogP) is 2.13. The second-order valence-electron chi connectivity index (χ2n) is 6.10. The summed E-state index contributed by atoms with van der Waals surface area (Å²) in [5.41, 5.74) is 3.06. The first-order chi connectivity index (χ1) is 11.7. The number of rotatable bonds is 6. The second kappa shape index (κ2) is 7.55. The van der Waals surface area contributed by atoms with E-state index in [-0.39, 0.29) is 18.2 Å². The number of Topliss-reactive ketones (excluding diaryl/α,β-unsaturated/α-hetero) is 1. The third-order valence-electron chi connectivity index (χ3n) is 4.52. The number of hydrogen-bond acceptors (Lipinski definition) is 5. The van der Waals surface area contributed by atoms with Crippen molar-refractivity contribution in [2.75, 3.05) is 7.11 Å². The van der Waals surface area contributed by atoms with Gasteiger partial charge in [0.25, 0.3) is 0 Å². The Bertz CT molecular complexity index is 717. The van der Waals surface area contributed by atoms with Crippen LogP contribution in [0, 0.1) is 0 Å². The fourth-order valence-corrected chi connectivity index (χ4v) is 3.06. The summed E-state index contributed by atoms with van der Waals surface area (Å²) in [4.78, 5) is 16.3. The number of methoxy groups -OCH3 is 1. The van der Waals surface area contributed by atoms with Crippen LogP contribution in [0.4, 0.5) is 0 Å². The van der Waals surface area contributed by atoms with Crippen LogP contribution in [0.3, 0.4) is 0 Å². The van der Waals surface area contributed by atoms with Gasteiger partial charge in [0.05, 0.1) is 19.4 Å². The summed E-state index contributed by atoms with van der Waals surface area (Å²) in [6, 6.07) is 9.91. The highest BCUT2D eigenvalue weighted by atomic mass is 16.5. The van der Waals surface area contributed by atoms with E-state index in [1.165, 1.54) is 17.3 Å². The van der Waals surface area contributed by atoms with Crippen LogP contribution in [0.15, 0.2) is 42.7 Å². The molecule has 5 heteroatoms. The average Bonchev–Trinajstić information content (AvgIpc) is 2.65. The van der Waals surface area contributed by atoms with Crippen LogP contribution in [-0.2, 0) is 13.0 Å². The number of fused-ring (bicyclic) bond motifs is 1. The number of aromatic nitrogens is 1. The van der Waals surface area contributed by atoms with Crippen LogP contribution < -0.4 is 10.1 Å². The molecule has 1 aliphatic heterocycles. The Balaban J connectivity index is 1.56. The molecule has 0 spiro atoms. The molecule has 5 nitrogen and oxygen atoms in total. The summed E-state index contributed by atoms with van der Waals surface area (Å²) >= 11 is 0. The van der Waals surface area contributed by atoms with Crippen LogP contribution in [0.1, 0.15) is 34.3 Å². The molecule has 3 rings (SSSR count). The molecule has 1 aromatic carbocycles. The van der Waals surface area contributed by atoms with Crippen molar-refractivity contribution in [3.05, 3.63) is 59.4 Å². The molecule has 0 bridgehead atoms. The zero-order valence-corrected chi connectivity index (χ0v) is 13.7. The third kappa shape index (κ3) is 3.80. The minimum atomic E-state index is -0.555. The molecule has 1 aromatic heterocycles. The van der Waals surface area contributed by atoms with Gasteiger partial charge in [-0.05, 0) is 30.0 Å². The van der Waals surface area contributed by atoms with Crippen molar-refractivity contribution in [3.63, 3.8) is 0 Å². The van der Waals surface area contributed by atoms with E-state index in [0.29, 0.717) is 17.7 Å². The number of pyridine rings is 1. The highest BCUT2D eigenvalue weighted by Gasteiger charge is 2.24. The first-order valence-corrected chi connectivity index (χ1v) is 8.18. The smallest absolute Gasteiger partial charge is 0.164 e. The number of aliphatic hydroxyl groups is 1. The predicted molar refractivity (Wildman–Crippen MR) is 91.1 cm³/mol. The summed E-state index contributed by atoms with van der Waals surface area (Å²) in [5, 5.41) is 13.8. The zero-order valence-electron chi connectivity index (χ0n) is 13.7. The molecule has 24 heavy (non-hydrogen) atoms. The van der Waals surface area contributed by atoms with Gasteiger partial charge in [-0.15, -0.1) is 0 Å². The van der Waals surface area contributed by atoms with Crippen molar-refractivity contribution in [1.29, 1.82) is 0 Å². The first-order valence-electron chi connectivity index (χ1n) is 8.18. The van der Waals surface area contributed by atoms with Crippen LogP contribution in [-0.4, -0.2) is 35.1 Å². The Morgan fingerprint density at radius 1 is 1.38 bits per heavy atom. The molecule has 0 radical (unpaired) electrons. The summed E-state index contributed by atoms with van der Waals surface area (Å²) < 4.78 is 5.08. The van der Waals surface area contributed by atoms with E-state index < -0.39 is 6.10 Å². The Morgan fingerprint density at radius 2 is 2.17 bits per heavy atom. The van der Waals surface area contributed by atoms with Gasteiger partial charge >= 0.3 is 0 Å². The standard InChI is InChI=1S/C19H22N2O3/c1-24-16-8-15(10-20-12-16)18(22)6-7-19(23)17-9-13-4-2-3-5-14(13)11-21-17/h2-5,8,10,12,17,19,21,23H,6-7,9,11H2,1H3/t17-,19+/m0/s1. The maximum atomic E-state index is 12.3. The topological polar surface area (TPSA) is 71.5 Å². The van der Waals surface area contributed by atoms with Gasteiger partial charge in [-0.2, -0.15) is 0 Å². The molecule has 2 atom stereocenters. The van der Waals surface area contributed by atoms with Crippen LogP contribution >= 0.6 is 0 Å². The number of carbonyl (C=O) groups is 1. The lowest BCUT2D eigenvalue weighted by atomic mass is 9.91. The highest BCUT2D eigenvalue weighted by Crippen LogP contribution is 2.20. The number of nitrogens with one attached hydrogen (secondary N) is 1. The number of ether oxygens (including phenoxy) is 1. The Kier molecular flexibility index (Phi) is 5.23. The maximum absolute atomic E-state index is 12.3. The maximum Gasteiger partial charge on any atom is 0.164 e. The van der Waals surface area contributed by atoms with Gasteiger partial charge in [-0.25, -0.2) is 0 Å². The van der Waals surface area contributed by atoms with E-state index in [1.807, 2.05) is 12.1 Å². The van der Waals surface area contributed by atoms with Gasteiger partial charge in [0.2, 0.25) is 0 Å². The largest absolute Gasteiger partial charge is 0.495 e. The molecule has 0 unspecified atom stereocenters. The molecule has 2 aromatic rings. The molecule has 0 fully saturated rings. The Hall–Kier alpha value is -2.24. The van der Waals surface area contributed by atoms with Gasteiger partial charge in [0.15, 0.2) is 5.78 Å². The molecule has 0 saturated heterocycles. The number of benzene rings is 1. The summed E-state index contributed by atoms with van der Waals surface area (Å²) in [7, 11) is 1.54. The third-order valence-corrected chi connectivity index (χ3v) is 4.52. The molecule has 2 heterocycles. The number of nitrogens with zero attached hydrogens (tertiary/aromatic N) is 1. The van der Waals surface area contributed by atoms with E-state index in [1.54, 1.807) is 19.4 Å². The van der Waals surface area contributed by atoms with E-state index in [4.69, 9.17) is 4.74 Å². The van der Waals surface area contributed by atoms with Crippen molar-refractivity contribution < 1.29 is 14.6 Å². The summed E-state index contributed by atoms with van der Waals surface area (Å²) in [5.74, 6) is 0.531. The lowest BCUT2D eigenvalue weighted by Gasteiger charge is -2.29. The van der Waals surface area contributed by atoms with E-state index in [2.05, 4.69) is 22.4 Å². The fourth-order valence-electron chi connectivity index (χ4n) is 3.06. The van der Waals surface area contributed by atoms with Gasteiger partial charge in [-0.3, -0.25) is 9.78 Å². The molecule has 0 saturated carbocycles. The normalized spacial score (nSPS) is 17.8. The highest BCUT2D eigenvalue weighted by molar-refractivity contribution is 5.96. The SMILES string of the molecule is COc1cncc(C(=O)CC[C@@H](O)[C@@H]2Cc3ccccc3CN2)c1. The molecule has 1 aliphatic rings. The van der Waals surface area contributed by atoms with Crippen molar-refractivity contribution in [3.8, 4) is 5.75 Å². The van der Waals surface area contributed by atoms with E-state index >= 15 is 0 Å². The lowest BCUT2D eigenvalue weighted by molar-refractivity contribution is 0.0877. The monoisotopic (exact) mass is 326 g/mol. The summed E-state index contributed by atoms with van der Waals surface area (Å²) in [6.07, 6.45) is 4.04. The fraction of sp³-hybridized carbons (Fsp3) is 0.368. The Labute approximate surface area is 141 Å². The van der Waals surface area contributed by atoms with Crippen molar-refractivity contribution >= 4 is 5.78 Å².